The van der Waals surface area contributed by atoms with Crippen molar-refractivity contribution in [2.75, 3.05) is 13.2 Å². The third-order valence-electron chi connectivity index (χ3n) is 4.01. The van der Waals surface area contributed by atoms with Gasteiger partial charge in [-0.3, -0.25) is 4.79 Å². The van der Waals surface area contributed by atoms with Crippen LogP contribution in [-0.4, -0.2) is 38.9 Å². The number of aromatic nitrogens is 4. The Bertz CT molecular complexity index is 1100. The molecule has 1 amide bonds. The summed E-state index contributed by atoms with van der Waals surface area (Å²) in [4.78, 5) is 12.1. The second-order valence-electron chi connectivity index (χ2n) is 5.94. The molecule has 0 aliphatic heterocycles. The van der Waals surface area contributed by atoms with E-state index < -0.39 is 0 Å². The maximum Gasteiger partial charge on any atom is 0.251 e. The minimum Gasteiger partial charge on any atom is -0.475 e. The van der Waals surface area contributed by atoms with Crippen molar-refractivity contribution >= 4 is 27.5 Å². The van der Waals surface area contributed by atoms with E-state index in [2.05, 4.69) is 36.5 Å². The Kier molecular flexibility index (Phi) is 5.29. The maximum atomic E-state index is 12.1. The summed E-state index contributed by atoms with van der Waals surface area (Å²) in [6.07, 6.45) is 0. The number of amides is 1. The van der Waals surface area contributed by atoms with Crippen LogP contribution in [0.4, 0.5) is 0 Å². The van der Waals surface area contributed by atoms with Crippen LogP contribution in [0.5, 0.6) is 5.88 Å². The average molecular weight is 438 g/mol. The summed E-state index contributed by atoms with van der Waals surface area (Å²) >= 11 is 3.35. The van der Waals surface area contributed by atoms with Gasteiger partial charge in [0.2, 0.25) is 5.88 Å². The fraction of sp³-hybridized carbons (Fsp3) is 0.100. The van der Waals surface area contributed by atoms with Crippen molar-refractivity contribution < 1.29 is 9.53 Å². The van der Waals surface area contributed by atoms with Gasteiger partial charge in [0.05, 0.1) is 6.54 Å². The topological polar surface area (TPSA) is 81.4 Å². The van der Waals surface area contributed by atoms with Gasteiger partial charge in [-0.2, -0.15) is 4.52 Å². The van der Waals surface area contributed by atoms with E-state index in [0.29, 0.717) is 36.1 Å². The lowest BCUT2D eigenvalue weighted by Crippen LogP contribution is -2.28. The zero-order chi connectivity index (χ0) is 19.3. The van der Waals surface area contributed by atoms with E-state index in [-0.39, 0.29) is 5.91 Å². The van der Waals surface area contributed by atoms with E-state index in [9.17, 15) is 4.79 Å². The number of nitrogens with zero attached hydrogens (tertiary/aromatic N) is 4. The quantitative estimate of drug-likeness (QED) is 0.467. The van der Waals surface area contributed by atoms with Crippen molar-refractivity contribution in [3.05, 3.63) is 76.8 Å². The first-order valence-corrected chi connectivity index (χ1v) is 9.44. The summed E-state index contributed by atoms with van der Waals surface area (Å²) < 4.78 is 8.24. The van der Waals surface area contributed by atoms with Crippen LogP contribution in [0.1, 0.15) is 10.4 Å². The monoisotopic (exact) mass is 437 g/mol. The first-order chi connectivity index (χ1) is 13.7. The van der Waals surface area contributed by atoms with Crippen LogP contribution in [0.25, 0.3) is 17.0 Å². The third kappa shape index (κ3) is 4.01. The minimum absolute atomic E-state index is 0.148. The highest BCUT2D eigenvalue weighted by atomic mass is 79.9. The molecule has 0 aliphatic carbocycles. The highest BCUT2D eigenvalue weighted by Gasteiger charge is 2.10. The molecule has 0 saturated heterocycles. The Labute approximate surface area is 169 Å². The summed E-state index contributed by atoms with van der Waals surface area (Å²) in [5, 5.41) is 15.6. The van der Waals surface area contributed by atoms with Gasteiger partial charge in [0.1, 0.15) is 6.61 Å². The molecule has 7 nitrogen and oxygen atoms in total. The number of carbonyl (C=O) groups excluding carboxylic acids is 1. The van der Waals surface area contributed by atoms with Gasteiger partial charge < -0.3 is 10.1 Å². The van der Waals surface area contributed by atoms with E-state index in [1.165, 1.54) is 0 Å². The summed E-state index contributed by atoms with van der Waals surface area (Å²) in [5.41, 5.74) is 2.15. The summed E-state index contributed by atoms with van der Waals surface area (Å²) in [6, 6.07) is 20.4. The number of benzene rings is 2. The second kappa shape index (κ2) is 8.18. The van der Waals surface area contributed by atoms with Gasteiger partial charge in [0, 0.05) is 21.7 Å². The molecule has 8 heteroatoms. The lowest BCUT2D eigenvalue weighted by Gasteiger charge is -2.08. The van der Waals surface area contributed by atoms with Crippen molar-refractivity contribution in [3.63, 3.8) is 0 Å². The van der Waals surface area contributed by atoms with Crippen LogP contribution in [0, 0.1) is 0 Å². The molecule has 4 aromatic rings. The predicted octanol–water partition coefficient (Wildman–Crippen LogP) is 3.36. The fourth-order valence-corrected chi connectivity index (χ4v) is 2.90. The number of ether oxygens (including phenoxy) is 1. The van der Waals surface area contributed by atoms with E-state index in [4.69, 9.17) is 4.74 Å². The number of nitrogens with one attached hydrogen (secondary N) is 1. The smallest absolute Gasteiger partial charge is 0.251 e. The van der Waals surface area contributed by atoms with Crippen LogP contribution in [0.3, 0.4) is 0 Å². The van der Waals surface area contributed by atoms with Crippen LogP contribution >= 0.6 is 15.9 Å². The van der Waals surface area contributed by atoms with Crippen molar-refractivity contribution in [1.82, 2.24) is 25.1 Å². The number of rotatable bonds is 6. The molecule has 0 unspecified atom stereocenters. The van der Waals surface area contributed by atoms with Gasteiger partial charge in [0.25, 0.3) is 5.91 Å². The molecule has 0 spiro atoms. The Hall–Kier alpha value is -3.26. The molecule has 0 bridgehead atoms. The largest absolute Gasteiger partial charge is 0.475 e. The molecule has 28 heavy (non-hydrogen) atoms. The second-order valence-corrected chi connectivity index (χ2v) is 6.86. The maximum absolute atomic E-state index is 12.1. The molecule has 2 aromatic heterocycles. The van der Waals surface area contributed by atoms with Crippen molar-refractivity contribution in [2.45, 2.75) is 0 Å². The van der Waals surface area contributed by atoms with Gasteiger partial charge in [0.15, 0.2) is 11.5 Å². The highest BCUT2D eigenvalue weighted by Crippen LogP contribution is 2.18. The number of carbonyl (C=O) groups is 1. The van der Waals surface area contributed by atoms with Gasteiger partial charge in [-0.05, 0) is 30.3 Å². The molecule has 0 aliphatic rings. The molecule has 2 aromatic carbocycles. The molecular weight excluding hydrogens is 422 g/mol. The molecule has 2 heterocycles. The summed E-state index contributed by atoms with van der Waals surface area (Å²) in [5.74, 6) is 0.927. The van der Waals surface area contributed by atoms with E-state index in [0.717, 1.165) is 10.0 Å². The molecule has 0 atom stereocenters. The molecule has 0 radical (unpaired) electrons. The predicted molar refractivity (Wildman–Crippen MR) is 108 cm³/mol. The minimum atomic E-state index is -0.148. The van der Waals surface area contributed by atoms with E-state index in [1.807, 2.05) is 42.5 Å². The van der Waals surface area contributed by atoms with Crippen LogP contribution in [0.2, 0.25) is 0 Å². The molecule has 4 rings (SSSR count). The zero-order valence-corrected chi connectivity index (χ0v) is 16.3. The standard InChI is InChI=1S/C20H16BrN5O2/c21-16-8-6-15(7-9-16)20(27)22-12-13-28-18-11-10-17-23-24-19(26(17)25-18)14-4-2-1-3-5-14/h1-11H,12-13H2,(H,22,27). The normalized spacial score (nSPS) is 10.8. The fourth-order valence-electron chi connectivity index (χ4n) is 2.64. The zero-order valence-electron chi connectivity index (χ0n) is 14.7. The van der Waals surface area contributed by atoms with Gasteiger partial charge >= 0.3 is 0 Å². The third-order valence-corrected chi connectivity index (χ3v) is 4.54. The number of halogens is 1. The van der Waals surface area contributed by atoms with Crippen molar-refractivity contribution in [3.8, 4) is 17.3 Å². The van der Waals surface area contributed by atoms with Gasteiger partial charge in [-0.25, -0.2) is 0 Å². The molecule has 140 valence electrons. The summed E-state index contributed by atoms with van der Waals surface area (Å²) in [6.45, 7) is 0.659. The molecule has 0 fully saturated rings. The van der Waals surface area contributed by atoms with E-state index >= 15 is 0 Å². The number of fused-ring (bicyclic) bond motifs is 1. The molecule has 1 N–H and O–H groups in total. The van der Waals surface area contributed by atoms with Crippen molar-refractivity contribution in [2.24, 2.45) is 0 Å². The number of hydrogen-bond donors (Lipinski definition) is 1. The average Bonchev–Trinajstić information content (AvgIpc) is 3.15. The Morgan fingerprint density at radius 1 is 1.00 bits per heavy atom. The molecule has 0 saturated carbocycles. The number of hydrogen-bond acceptors (Lipinski definition) is 5. The van der Waals surface area contributed by atoms with Gasteiger partial charge in [-0.1, -0.05) is 46.3 Å². The summed E-state index contributed by atoms with van der Waals surface area (Å²) in [7, 11) is 0. The van der Waals surface area contributed by atoms with Crippen LogP contribution < -0.4 is 10.1 Å². The Balaban J connectivity index is 1.38. The van der Waals surface area contributed by atoms with Crippen LogP contribution in [0.15, 0.2) is 71.2 Å². The van der Waals surface area contributed by atoms with Crippen molar-refractivity contribution in [1.29, 1.82) is 0 Å². The van der Waals surface area contributed by atoms with Crippen LogP contribution in [-0.2, 0) is 0 Å². The first kappa shape index (κ1) is 18.1. The molecular formula is C20H16BrN5O2. The Morgan fingerprint density at radius 3 is 2.57 bits per heavy atom. The van der Waals surface area contributed by atoms with E-state index in [1.54, 1.807) is 28.8 Å². The highest BCUT2D eigenvalue weighted by molar-refractivity contribution is 9.10. The Morgan fingerprint density at radius 2 is 1.79 bits per heavy atom. The van der Waals surface area contributed by atoms with Gasteiger partial charge in [-0.15, -0.1) is 15.3 Å². The first-order valence-electron chi connectivity index (χ1n) is 8.65. The SMILES string of the molecule is O=C(NCCOc1ccc2nnc(-c3ccccc3)n2n1)c1ccc(Br)cc1. The lowest BCUT2D eigenvalue weighted by molar-refractivity contribution is 0.0946. The lowest BCUT2D eigenvalue weighted by atomic mass is 10.2.